The number of hydrogen-bond acceptors (Lipinski definition) is 5. The number of nitrogens with zero attached hydrogens (tertiary/aromatic N) is 3. The van der Waals surface area contributed by atoms with Gasteiger partial charge < -0.3 is 15.4 Å². The third-order valence-corrected chi connectivity index (χ3v) is 4.19. The van der Waals surface area contributed by atoms with Crippen molar-refractivity contribution < 1.29 is 4.74 Å². The van der Waals surface area contributed by atoms with Crippen LogP contribution >= 0.6 is 0 Å². The zero-order valence-corrected chi connectivity index (χ0v) is 13.0. The van der Waals surface area contributed by atoms with Crippen molar-refractivity contribution in [2.24, 2.45) is 5.73 Å². The minimum atomic E-state index is 0.413. The molecule has 3 heterocycles. The standard InChI is InChI=1S/C18H18N4O/c1-22-7-8-23-18-14(3-2-4-17(18)22)15-6-5-12-11-20-13(10-19)9-16(12)21-15/h2-6,9,11H,7-8,10,19H2,1H3. The number of anilines is 1. The molecule has 1 aromatic carbocycles. The molecule has 0 amide bonds. The predicted molar refractivity (Wildman–Crippen MR) is 91.6 cm³/mol. The molecule has 0 spiro atoms. The average Bonchev–Trinajstić information content (AvgIpc) is 2.60. The first-order valence-corrected chi connectivity index (χ1v) is 7.69. The van der Waals surface area contributed by atoms with Crippen LogP contribution in [0.25, 0.3) is 22.2 Å². The van der Waals surface area contributed by atoms with Crippen molar-refractivity contribution in [1.82, 2.24) is 9.97 Å². The molecule has 0 saturated heterocycles. The number of rotatable bonds is 2. The van der Waals surface area contributed by atoms with Crippen LogP contribution in [0.3, 0.4) is 0 Å². The van der Waals surface area contributed by atoms with Gasteiger partial charge in [-0.05, 0) is 30.3 Å². The van der Waals surface area contributed by atoms with Crippen LogP contribution in [-0.2, 0) is 6.54 Å². The molecule has 2 N–H and O–H groups in total. The van der Waals surface area contributed by atoms with Gasteiger partial charge in [0.2, 0.25) is 0 Å². The number of pyridine rings is 2. The van der Waals surface area contributed by atoms with Crippen molar-refractivity contribution in [3.8, 4) is 17.0 Å². The topological polar surface area (TPSA) is 64.3 Å². The molecule has 0 fully saturated rings. The molecular weight excluding hydrogens is 288 g/mol. The number of nitrogens with two attached hydrogens (primary N) is 1. The van der Waals surface area contributed by atoms with Crippen LogP contribution in [0.2, 0.25) is 0 Å². The summed E-state index contributed by atoms with van der Waals surface area (Å²) >= 11 is 0. The molecule has 4 rings (SSSR count). The third kappa shape index (κ3) is 2.39. The number of likely N-dealkylation sites (N-methyl/N-ethyl adjacent to an activating group) is 1. The molecule has 0 saturated carbocycles. The molecule has 0 bridgehead atoms. The Morgan fingerprint density at radius 1 is 1.26 bits per heavy atom. The maximum absolute atomic E-state index is 5.92. The SMILES string of the molecule is CN1CCOc2c(-c3ccc4cnc(CN)cc4n3)cccc21. The van der Waals surface area contributed by atoms with Crippen LogP contribution in [0.15, 0.2) is 42.6 Å². The van der Waals surface area contributed by atoms with E-state index >= 15 is 0 Å². The van der Waals surface area contributed by atoms with Gasteiger partial charge in [-0.25, -0.2) is 4.98 Å². The van der Waals surface area contributed by atoms with Gasteiger partial charge in [0.1, 0.15) is 6.61 Å². The summed E-state index contributed by atoms with van der Waals surface area (Å²) in [6.45, 7) is 2.00. The lowest BCUT2D eigenvalue weighted by Crippen LogP contribution is -2.29. The average molecular weight is 306 g/mol. The number of hydrogen-bond donors (Lipinski definition) is 1. The van der Waals surface area contributed by atoms with E-state index in [0.29, 0.717) is 13.2 Å². The van der Waals surface area contributed by atoms with E-state index in [1.165, 1.54) is 0 Å². The highest BCUT2D eigenvalue weighted by Crippen LogP contribution is 2.39. The van der Waals surface area contributed by atoms with Crippen molar-refractivity contribution in [1.29, 1.82) is 0 Å². The normalized spacial score (nSPS) is 13.7. The van der Waals surface area contributed by atoms with E-state index in [2.05, 4.69) is 29.1 Å². The Labute approximate surface area is 134 Å². The molecule has 1 aliphatic heterocycles. The number of fused-ring (bicyclic) bond motifs is 2. The fourth-order valence-electron chi connectivity index (χ4n) is 2.90. The molecule has 0 aliphatic carbocycles. The molecule has 2 aromatic heterocycles. The van der Waals surface area contributed by atoms with Crippen LogP contribution in [0.1, 0.15) is 5.69 Å². The van der Waals surface area contributed by atoms with E-state index in [4.69, 9.17) is 15.5 Å². The van der Waals surface area contributed by atoms with Gasteiger partial charge in [0, 0.05) is 30.7 Å². The van der Waals surface area contributed by atoms with Gasteiger partial charge >= 0.3 is 0 Å². The Morgan fingerprint density at radius 3 is 3.04 bits per heavy atom. The highest BCUT2D eigenvalue weighted by molar-refractivity contribution is 5.84. The highest BCUT2D eigenvalue weighted by atomic mass is 16.5. The zero-order valence-electron chi connectivity index (χ0n) is 13.0. The molecule has 0 radical (unpaired) electrons. The van der Waals surface area contributed by atoms with E-state index in [-0.39, 0.29) is 0 Å². The highest BCUT2D eigenvalue weighted by Gasteiger charge is 2.19. The summed E-state index contributed by atoms with van der Waals surface area (Å²) in [4.78, 5) is 11.3. The number of para-hydroxylation sites is 1. The molecule has 116 valence electrons. The van der Waals surface area contributed by atoms with Crippen LogP contribution < -0.4 is 15.4 Å². The first-order chi connectivity index (χ1) is 11.3. The first kappa shape index (κ1) is 14.0. The smallest absolute Gasteiger partial charge is 0.152 e. The number of aromatic nitrogens is 2. The summed E-state index contributed by atoms with van der Waals surface area (Å²) < 4.78 is 5.92. The van der Waals surface area contributed by atoms with Gasteiger partial charge in [0.15, 0.2) is 5.75 Å². The molecule has 3 aromatic rings. The van der Waals surface area contributed by atoms with E-state index in [9.17, 15) is 0 Å². The summed E-state index contributed by atoms with van der Waals surface area (Å²) in [5, 5.41) is 1.01. The van der Waals surface area contributed by atoms with E-state index in [1.54, 1.807) is 0 Å². The second-order valence-corrected chi connectivity index (χ2v) is 5.69. The van der Waals surface area contributed by atoms with Crippen molar-refractivity contribution in [2.75, 3.05) is 25.1 Å². The quantitative estimate of drug-likeness (QED) is 0.788. The Hall–Kier alpha value is -2.66. The van der Waals surface area contributed by atoms with Gasteiger partial charge in [0.25, 0.3) is 0 Å². The second kappa shape index (κ2) is 5.52. The van der Waals surface area contributed by atoms with Crippen LogP contribution in [0.5, 0.6) is 5.75 Å². The molecule has 5 heteroatoms. The molecular formula is C18H18N4O. The molecule has 1 aliphatic rings. The lowest BCUT2D eigenvalue weighted by Gasteiger charge is -2.29. The zero-order chi connectivity index (χ0) is 15.8. The summed E-state index contributed by atoms with van der Waals surface area (Å²) in [7, 11) is 2.08. The largest absolute Gasteiger partial charge is 0.489 e. The van der Waals surface area contributed by atoms with Crippen LogP contribution in [0.4, 0.5) is 5.69 Å². The van der Waals surface area contributed by atoms with Gasteiger partial charge in [-0.15, -0.1) is 0 Å². The van der Waals surface area contributed by atoms with Crippen molar-refractivity contribution in [2.45, 2.75) is 6.54 Å². The molecule has 23 heavy (non-hydrogen) atoms. The van der Waals surface area contributed by atoms with Crippen molar-refractivity contribution in [3.05, 3.63) is 48.3 Å². The van der Waals surface area contributed by atoms with E-state index in [0.717, 1.165) is 45.8 Å². The maximum atomic E-state index is 5.92. The van der Waals surface area contributed by atoms with E-state index in [1.807, 2.05) is 30.5 Å². The Kier molecular flexibility index (Phi) is 3.35. The second-order valence-electron chi connectivity index (χ2n) is 5.69. The maximum Gasteiger partial charge on any atom is 0.152 e. The number of benzene rings is 1. The van der Waals surface area contributed by atoms with Gasteiger partial charge in [0.05, 0.1) is 29.1 Å². The van der Waals surface area contributed by atoms with Gasteiger partial charge in [-0.1, -0.05) is 6.07 Å². The Bertz CT molecular complexity index is 878. The van der Waals surface area contributed by atoms with Gasteiger partial charge in [-0.2, -0.15) is 0 Å². The van der Waals surface area contributed by atoms with Crippen LogP contribution in [0, 0.1) is 0 Å². The Balaban J connectivity index is 1.87. The summed E-state index contributed by atoms with van der Waals surface area (Å²) in [6, 6.07) is 12.2. The van der Waals surface area contributed by atoms with Gasteiger partial charge in [-0.3, -0.25) is 4.98 Å². The van der Waals surface area contributed by atoms with Crippen molar-refractivity contribution >= 4 is 16.6 Å². The predicted octanol–water partition coefficient (Wildman–Crippen LogP) is 2.58. The van der Waals surface area contributed by atoms with Crippen molar-refractivity contribution in [3.63, 3.8) is 0 Å². The fraction of sp³-hybridized carbons (Fsp3) is 0.222. The summed E-state index contributed by atoms with van der Waals surface area (Å²) in [6.07, 6.45) is 1.82. The lowest BCUT2D eigenvalue weighted by atomic mass is 10.1. The molecule has 0 atom stereocenters. The molecule has 0 unspecified atom stereocenters. The summed E-state index contributed by atoms with van der Waals surface area (Å²) in [5.41, 5.74) is 10.4. The molecule has 5 nitrogen and oxygen atoms in total. The third-order valence-electron chi connectivity index (χ3n) is 4.19. The first-order valence-electron chi connectivity index (χ1n) is 7.69. The minimum absolute atomic E-state index is 0.413. The number of ether oxygens (including phenoxy) is 1. The van der Waals surface area contributed by atoms with E-state index < -0.39 is 0 Å². The summed E-state index contributed by atoms with van der Waals surface area (Å²) in [5.74, 6) is 0.904. The minimum Gasteiger partial charge on any atom is -0.489 e. The Morgan fingerprint density at radius 2 is 2.17 bits per heavy atom. The lowest BCUT2D eigenvalue weighted by molar-refractivity contribution is 0.312. The van der Waals surface area contributed by atoms with Crippen LogP contribution in [-0.4, -0.2) is 30.2 Å². The fourth-order valence-corrected chi connectivity index (χ4v) is 2.90. The monoisotopic (exact) mass is 306 g/mol.